The first-order valence-corrected chi connectivity index (χ1v) is 6.44. The van der Waals surface area contributed by atoms with Crippen molar-refractivity contribution < 1.29 is 9.84 Å². The van der Waals surface area contributed by atoms with E-state index >= 15 is 0 Å². The molecule has 0 radical (unpaired) electrons. The van der Waals surface area contributed by atoms with Gasteiger partial charge >= 0.3 is 0 Å². The van der Waals surface area contributed by atoms with Gasteiger partial charge in [0.1, 0.15) is 5.75 Å². The fourth-order valence-electron chi connectivity index (χ4n) is 2.49. The summed E-state index contributed by atoms with van der Waals surface area (Å²) in [4.78, 5) is 2.39. The molecule has 0 spiro atoms. The Morgan fingerprint density at radius 3 is 2.78 bits per heavy atom. The molecule has 2 unspecified atom stereocenters. The first kappa shape index (κ1) is 13.3. The maximum absolute atomic E-state index is 9.07. The molecule has 1 heterocycles. The van der Waals surface area contributed by atoms with E-state index in [1.54, 1.807) is 7.11 Å². The predicted octanol–water partition coefficient (Wildman–Crippen LogP) is 0.837. The summed E-state index contributed by atoms with van der Waals surface area (Å²) in [5.74, 6) is 1.31. The van der Waals surface area contributed by atoms with Crippen LogP contribution in [0.3, 0.4) is 0 Å². The first-order chi connectivity index (χ1) is 8.72. The van der Waals surface area contributed by atoms with Gasteiger partial charge in [-0.05, 0) is 36.6 Å². The van der Waals surface area contributed by atoms with E-state index < -0.39 is 0 Å². The van der Waals surface area contributed by atoms with Gasteiger partial charge in [0.2, 0.25) is 0 Å². The monoisotopic (exact) mass is 250 g/mol. The second-order valence-electron chi connectivity index (χ2n) is 4.98. The minimum Gasteiger partial charge on any atom is -0.497 e. The summed E-state index contributed by atoms with van der Waals surface area (Å²) < 4.78 is 5.14. The summed E-state index contributed by atoms with van der Waals surface area (Å²) in [7, 11) is 1.68. The van der Waals surface area contributed by atoms with Crippen molar-refractivity contribution in [2.24, 2.45) is 11.7 Å². The Labute approximate surface area is 108 Å². The molecule has 0 bridgehead atoms. The number of nitrogens with zero attached hydrogens (tertiary/aromatic N) is 1. The van der Waals surface area contributed by atoms with Gasteiger partial charge in [-0.3, -0.25) is 4.90 Å². The van der Waals surface area contributed by atoms with Gasteiger partial charge in [0, 0.05) is 19.1 Å². The molecule has 0 saturated carbocycles. The zero-order chi connectivity index (χ0) is 13.0. The van der Waals surface area contributed by atoms with Gasteiger partial charge in [0.05, 0.1) is 13.7 Å². The average Bonchev–Trinajstić information content (AvgIpc) is 2.87. The molecule has 2 rings (SSSR count). The molecule has 1 aromatic rings. The normalized spacial score (nSPS) is 22.1. The Morgan fingerprint density at radius 1 is 1.44 bits per heavy atom. The lowest BCUT2D eigenvalue weighted by atomic mass is 10.0. The van der Waals surface area contributed by atoms with E-state index in [9.17, 15) is 0 Å². The standard InChI is InChI=1S/C14H22N2O2/c1-18-13-4-2-11(3-5-13)8-16-7-6-12(9-16)14(15)10-17/h2-5,12,14,17H,6-10,15H2,1H3. The number of aliphatic hydroxyl groups excluding tert-OH is 1. The Hall–Kier alpha value is -1.10. The van der Waals surface area contributed by atoms with Crippen molar-refractivity contribution in [2.75, 3.05) is 26.8 Å². The molecule has 0 aliphatic carbocycles. The molecule has 1 aliphatic rings. The summed E-state index contributed by atoms with van der Waals surface area (Å²) in [5.41, 5.74) is 7.16. The minimum atomic E-state index is -0.0779. The molecular formula is C14H22N2O2. The summed E-state index contributed by atoms with van der Waals surface area (Å²) in [6.45, 7) is 3.07. The van der Waals surface area contributed by atoms with Gasteiger partial charge in [0.25, 0.3) is 0 Å². The quantitative estimate of drug-likeness (QED) is 0.813. The van der Waals surface area contributed by atoms with E-state index in [4.69, 9.17) is 15.6 Å². The van der Waals surface area contributed by atoms with E-state index in [-0.39, 0.29) is 12.6 Å². The lowest BCUT2D eigenvalue weighted by molar-refractivity contribution is 0.221. The Bertz CT molecular complexity index is 367. The topological polar surface area (TPSA) is 58.7 Å². The third-order valence-electron chi connectivity index (χ3n) is 3.69. The number of ether oxygens (including phenoxy) is 1. The first-order valence-electron chi connectivity index (χ1n) is 6.44. The highest BCUT2D eigenvalue weighted by molar-refractivity contribution is 5.27. The molecule has 4 heteroatoms. The van der Waals surface area contributed by atoms with Crippen LogP contribution >= 0.6 is 0 Å². The van der Waals surface area contributed by atoms with Gasteiger partial charge in [-0.2, -0.15) is 0 Å². The lowest BCUT2D eigenvalue weighted by Gasteiger charge is -2.19. The van der Waals surface area contributed by atoms with Crippen molar-refractivity contribution in [1.82, 2.24) is 4.90 Å². The van der Waals surface area contributed by atoms with E-state index in [0.717, 1.165) is 31.8 Å². The van der Waals surface area contributed by atoms with Crippen LogP contribution in [0.5, 0.6) is 5.75 Å². The third-order valence-corrected chi connectivity index (χ3v) is 3.69. The van der Waals surface area contributed by atoms with Crippen LogP contribution in [0, 0.1) is 5.92 Å². The number of nitrogens with two attached hydrogens (primary N) is 1. The van der Waals surface area contributed by atoms with Crippen molar-refractivity contribution in [2.45, 2.75) is 19.0 Å². The summed E-state index contributed by atoms with van der Waals surface area (Å²) in [5, 5.41) is 9.07. The van der Waals surface area contributed by atoms with Crippen molar-refractivity contribution in [1.29, 1.82) is 0 Å². The Morgan fingerprint density at radius 2 is 2.17 bits per heavy atom. The van der Waals surface area contributed by atoms with Crippen LogP contribution in [0.15, 0.2) is 24.3 Å². The molecule has 4 nitrogen and oxygen atoms in total. The molecule has 1 aromatic carbocycles. The molecule has 0 amide bonds. The van der Waals surface area contributed by atoms with E-state index in [0.29, 0.717) is 5.92 Å². The predicted molar refractivity (Wildman–Crippen MR) is 71.4 cm³/mol. The van der Waals surface area contributed by atoms with E-state index in [1.807, 2.05) is 12.1 Å². The van der Waals surface area contributed by atoms with Crippen LogP contribution in [0.1, 0.15) is 12.0 Å². The zero-order valence-corrected chi connectivity index (χ0v) is 10.9. The van der Waals surface area contributed by atoms with Crippen molar-refractivity contribution in [3.8, 4) is 5.75 Å². The number of aliphatic hydroxyl groups is 1. The minimum absolute atomic E-state index is 0.0779. The van der Waals surface area contributed by atoms with Crippen molar-refractivity contribution >= 4 is 0 Å². The summed E-state index contributed by atoms with van der Waals surface area (Å²) >= 11 is 0. The van der Waals surface area contributed by atoms with Crippen LogP contribution in [-0.2, 0) is 6.54 Å². The van der Waals surface area contributed by atoms with Crippen LogP contribution in [0.4, 0.5) is 0 Å². The van der Waals surface area contributed by atoms with Gasteiger partial charge < -0.3 is 15.6 Å². The van der Waals surface area contributed by atoms with Crippen LogP contribution in [0.2, 0.25) is 0 Å². The van der Waals surface area contributed by atoms with Gasteiger partial charge in [-0.25, -0.2) is 0 Å². The number of rotatable bonds is 5. The highest BCUT2D eigenvalue weighted by atomic mass is 16.5. The maximum Gasteiger partial charge on any atom is 0.118 e. The molecular weight excluding hydrogens is 228 g/mol. The Balaban J connectivity index is 1.87. The number of methoxy groups -OCH3 is 1. The van der Waals surface area contributed by atoms with Gasteiger partial charge in [0.15, 0.2) is 0 Å². The molecule has 100 valence electrons. The van der Waals surface area contributed by atoms with E-state index in [2.05, 4.69) is 17.0 Å². The molecule has 18 heavy (non-hydrogen) atoms. The average molecular weight is 250 g/mol. The van der Waals surface area contributed by atoms with Crippen LogP contribution in [-0.4, -0.2) is 42.9 Å². The van der Waals surface area contributed by atoms with Gasteiger partial charge in [-0.1, -0.05) is 12.1 Å². The van der Waals surface area contributed by atoms with Crippen LogP contribution in [0.25, 0.3) is 0 Å². The van der Waals surface area contributed by atoms with Crippen LogP contribution < -0.4 is 10.5 Å². The number of hydrogen-bond acceptors (Lipinski definition) is 4. The number of likely N-dealkylation sites (tertiary alicyclic amines) is 1. The SMILES string of the molecule is COc1ccc(CN2CCC(C(N)CO)C2)cc1. The second-order valence-corrected chi connectivity index (χ2v) is 4.98. The highest BCUT2D eigenvalue weighted by Gasteiger charge is 2.26. The fraction of sp³-hybridized carbons (Fsp3) is 0.571. The zero-order valence-electron chi connectivity index (χ0n) is 10.9. The molecule has 1 saturated heterocycles. The third kappa shape index (κ3) is 3.22. The lowest BCUT2D eigenvalue weighted by Crippen LogP contribution is -2.35. The summed E-state index contributed by atoms with van der Waals surface area (Å²) in [6.07, 6.45) is 1.08. The van der Waals surface area contributed by atoms with Crippen molar-refractivity contribution in [3.05, 3.63) is 29.8 Å². The molecule has 3 N–H and O–H groups in total. The Kier molecular flexibility index (Phi) is 4.58. The number of benzene rings is 1. The second kappa shape index (κ2) is 6.18. The molecule has 2 atom stereocenters. The molecule has 0 aromatic heterocycles. The smallest absolute Gasteiger partial charge is 0.118 e. The summed E-state index contributed by atoms with van der Waals surface area (Å²) in [6, 6.07) is 8.09. The van der Waals surface area contributed by atoms with Crippen molar-refractivity contribution in [3.63, 3.8) is 0 Å². The van der Waals surface area contributed by atoms with E-state index in [1.165, 1.54) is 5.56 Å². The molecule has 1 fully saturated rings. The number of hydrogen-bond donors (Lipinski definition) is 2. The van der Waals surface area contributed by atoms with Gasteiger partial charge in [-0.15, -0.1) is 0 Å². The maximum atomic E-state index is 9.07. The fourth-order valence-corrected chi connectivity index (χ4v) is 2.49. The highest BCUT2D eigenvalue weighted by Crippen LogP contribution is 2.21. The molecule has 1 aliphatic heterocycles. The largest absolute Gasteiger partial charge is 0.497 e.